The molecule has 0 unspecified atom stereocenters. The average Bonchev–Trinajstić information content (AvgIpc) is 3.36. The van der Waals surface area contributed by atoms with E-state index in [1.807, 2.05) is 35.2 Å². The number of sulfonamides is 1. The van der Waals surface area contributed by atoms with Gasteiger partial charge in [-0.15, -0.1) is 28.3 Å². The Kier molecular flexibility index (Phi) is 7.48. The molecule has 3 aromatic rings. The van der Waals surface area contributed by atoms with Crippen LogP contribution in [-0.2, 0) is 17.1 Å². The van der Waals surface area contributed by atoms with Gasteiger partial charge in [-0.05, 0) is 48.7 Å². The second-order valence-electron chi connectivity index (χ2n) is 6.81. The lowest BCUT2D eigenvalue weighted by atomic mass is 10.2. The summed E-state index contributed by atoms with van der Waals surface area (Å²) in [7, 11) is -1.48. The summed E-state index contributed by atoms with van der Waals surface area (Å²) < 4.78 is 28.9. The topological polar surface area (TPSA) is 54.7 Å². The normalized spacial score (nSPS) is 15.4. The van der Waals surface area contributed by atoms with E-state index < -0.39 is 10.0 Å². The van der Waals surface area contributed by atoms with Crippen molar-refractivity contribution >= 4 is 67.2 Å². The van der Waals surface area contributed by atoms with Crippen molar-refractivity contribution in [2.45, 2.75) is 17.7 Å². The minimum absolute atomic E-state index is 0. The molecule has 0 aliphatic carbocycles. The fourth-order valence-electron chi connectivity index (χ4n) is 3.27. The maximum absolute atomic E-state index is 12.7. The highest BCUT2D eigenvalue weighted by Crippen LogP contribution is 2.27. The molecule has 0 radical (unpaired) electrons. The predicted octanol–water partition coefficient (Wildman–Crippen LogP) is 5.66. The Morgan fingerprint density at radius 3 is 2.30 bits per heavy atom. The van der Waals surface area contributed by atoms with Crippen LogP contribution in [0, 0.1) is 0 Å². The molecular weight excluding hydrogens is 529 g/mol. The van der Waals surface area contributed by atoms with Crippen LogP contribution in [0.3, 0.4) is 0 Å². The highest BCUT2D eigenvalue weighted by atomic mass is 79.9. The zero-order valence-corrected chi connectivity index (χ0v) is 20.9. The van der Waals surface area contributed by atoms with Crippen molar-refractivity contribution in [1.82, 2.24) is 8.87 Å². The molecule has 10 heteroatoms. The van der Waals surface area contributed by atoms with Crippen LogP contribution < -0.4 is 4.80 Å². The van der Waals surface area contributed by atoms with Gasteiger partial charge in [-0.1, -0.05) is 35.3 Å². The van der Waals surface area contributed by atoms with Gasteiger partial charge in [-0.2, -0.15) is 4.31 Å². The Hall–Kier alpha value is -1.16. The number of hydrogen-bond donors (Lipinski definition) is 0. The van der Waals surface area contributed by atoms with Crippen LogP contribution in [0.4, 0.5) is 5.69 Å². The molecule has 0 atom stereocenters. The van der Waals surface area contributed by atoms with Crippen LogP contribution in [0.2, 0.25) is 10.0 Å². The van der Waals surface area contributed by atoms with Crippen molar-refractivity contribution in [1.29, 1.82) is 0 Å². The minimum atomic E-state index is -3.40. The lowest BCUT2D eigenvalue weighted by Gasteiger charge is -2.15. The maximum Gasteiger partial charge on any atom is 0.243 e. The molecule has 30 heavy (non-hydrogen) atoms. The SMILES string of the molecule is Br.Cn1c(-c2ccc(S(=O)(=O)N3CCCC3)cc2)csc1=Nc1ccc(Cl)c(Cl)c1. The van der Waals surface area contributed by atoms with E-state index in [4.69, 9.17) is 23.2 Å². The van der Waals surface area contributed by atoms with Gasteiger partial charge >= 0.3 is 0 Å². The van der Waals surface area contributed by atoms with Gasteiger partial charge in [-0.25, -0.2) is 13.4 Å². The molecule has 1 aromatic heterocycles. The number of rotatable bonds is 4. The van der Waals surface area contributed by atoms with Gasteiger partial charge in [0.2, 0.25) is 10.0 Å². The van der Waals surface area contributed by atoms with Crippen molar-refractivity contribution < 1.29 is 8.42 Å². The minimum Gasteiger partial charge on any atom is -0.320 e. The molecule has 1 saturated heterocycles. The van der Waals surface area contributed by atoms with E-state index in [0.29, 0.717) is 28.0 Å². The van der Waals surface area contributed by atoms with Crippen molar-refractivity contribution in [2.24, 2.45) is 12.0 Å². The first-order valence-corrected chi connectivity index (χ1v) is 12.2. The lowest BCUT2D eigenvalue weighted by Crippen LogP contribution is -2.27. The third kappa shape index (κ3) is 4.69. The fourth-order valence-corrected chi connectivity index (χ4v) is 6.01. The van der Waals surface area contributed by atoms with Crippen LogP contribution in [0.15, 0.2) is 57.7 Å². The molecule has 1 aliphatic rings. The lowest BCUT2D eigenvalue weighted by molar-refractivity contribution is 0.477. The molecule has 0 bridgehead atoms. The number of hydrogen-bond acceptors (Lipinski definition) is 4. The summed E-state index contributed by atoms with van der Waals surface area (Å²) in [6.45, 7) is 1.20. The summed E-state index contributed by atoms with van der Waals surface area (Å²) in [5.41, 5.74) is 2.61. The summed E-state index contributed by atoms with van der Waals surface area (Å²) in [5.74, 6) is 0. The van der Waals surface area contributed by atoms with Gasteiger partial charge < -0.3 is 4.57 Å². The Balaban J connectivity index is 0.00000256. The molecule has 1 fully saturated rings. The predicted molar refractivity (Wildman–Crippen MR) is 129 cm³/mol. The number of halogens is 3. The number of aromatic nitrogens is 1. The zero-order valence-electron chi connectivity index (χ0n) is 16.1. The molecule has 1 aliphatic heterocycles. The van der Waals surface area contributed by atoms with E-state index in [0.717, 1.165) is 34.6 Å². The first-order chi connectivity index (χ1) is 13.9. The standard InChI is InChI=1S/C20H19Cl2N3O2S2.BrH/c1-24-19(13-28-20(24)23-15-6-9-17(21)18(22)12-15)14-4-7-16(8-5-14)29(26,27)25-10-2-3-11-25;/h4-9,12-13H,2-3,10-11H2,1H3;1H. The second kappa shape index (κ2) is 9.54. The van der Waals surface area contributed by atoms with Crippen LogP contribution in [0.1, 0.15) is 12.8 Å². The molecule has 0 N–H and O–H groups in total. The van der Waals surface area contributed by atoms with Gasteiger partial charge in [0.05, 0.1) is 26.3 Å². The summed E-state index contributed by atoms with van der Waals surface area (Å²) >= 11 is 13.5. The van der Waals surface area contributed by atoms with Crippen molar-refractivity contribution in [3.05, 3.63) is 62.7 Å². The quantitative estimate of drug-likeness (QED) is 0.422. The Labute approximate surface area is 200 Å². The fraction of sp³-hybridized carbons (Fsp3) is 0.250. The van der Waals surface area contributed by atoms with Gasteiger partial charge in [0.1, 0.15) is 0 Å². The van der Waals surface area contributed by atoms with E-state index in [1.165, 1.54) is 11.3 Å². The van der Waals surface area contributed by atoms with Crippen LogP contribution in [0.25, 0.3) is 11.3 Å². The first kappa shape index (κ1) is 23.5. The Bertz CT molecular complexity index is 1220. The Morgan fingerprint density at radius 2 is 1.67 bits per heavy atom. The van der Waals surface area contributed by atoms with Crippen LogP contribution >= 0.6 is 51.5 Å². The third-order valence-corrected chi connectivity index (χ3v) is 8.47. The smallest absolute Gasteiger partial charge is 0.243 e. The zero-order chi connectivity index (χ0) is 20.6. The maximum atomic E-state index is 12.7. The van der Waals surface area contributed by atoms with E-state index in [2.05, 4.69) is 4.99 Å². The molecular formula is C20H20BrCl2N3O2S2. The third-order valence-electron chi connectivity index (χ3n) is 4.91. The monoisotopic (exact) mass is 547 g/mol. The highest BCUT2D eigenvalue weighted by molar-refractivity contribution is 8.93. The number of thiazole rings is 1. The van der Waals surface area contributed by atoms with Gasteiger partial charge in [0.15, 0.2) is 4.80 Å². The average molecular weight is 549 g/mol. The van der Waals surface area contributed by atoms with E-state index in [1.54, 1.807) is 28.6 Å². The first-order valence-electron chi connectivity index (χ1n) is 9.11. The summed E-state index contributed by atoms with van der Waals surface area (Å²) in [5, 5.41) is 2.95. The van der Waals surface area contributed by atoms with Gasteiger partial charge in [-0.3, -0.25) is 0 Å². The summed E-state index contributed by atoms with van der Waals surface area (Å²) in [4.78, 5) is 5.77. The molecule has 0 spiro atoms. The highest BCUT2D eigenvalue weighted by Gasteiger charge is 2.27. The van der Waals surface area contributed by atoms with Crippen molar-refractivity contribution in [3.63, 3.8) is 0 Å². The van der Waals surface area contributed by atoms with Crippen molar-refractivity contribution in [3.8, 4) is 11.3 Å². The molecule has 2 aromatic carbocycles. The van der Waals surface area contributed by atoms with Gasteiger partial charge in [0, 0.05) is 25.5 Å². The molecule has 4 rings (SSSR count). The van der Waals surface area contributed by atoms with Gasteiger partial charge in [0.25, 0.3) is 0 Å². The second-order valence-corrected chi connectivity index (χ2v) is 10.4. The molecule has 5 nitrogen and oxygen atoms in total. The Morgan fingerprint density at radius 1 is 1.00 bits per heavy atom. The van der Waals surface area contributed by atoms with Crippen LogP contribution in [-0.4, -0.2) is 30.4 Å². The molecule has 160 valence electrons. The largest absolute Gasteiger partial charge is 0.320 e. The number of benzene rings is 2. The summed E-state index contributed by atoms with van der Waals surface area (Å²) in [6.07, 6.45) is 1.85. The molecule has 2 heterocycles. The van der Waals surface area contributed by atoms with E-state index in [-0.39, 0.29) is 17.0 Å². The molecule has 0 saturated carbocycles. The van der Waals surface area contributed by atoms with E-state index >= 15 is 0 Å². The summed E-state index contributed by atoms with van der Waals surface area (Å²) in [6, 6.07) is 12.3. The number of nitrogens with zero attached hydrogens (tertiary/aromatic N) is 3. The molecule has 0 amide bonds. The van der Waals surface area contributed by atoms with E-state index in [9.17, 15) is 8.42 Å². The van der Waals surface area contributed by atoms with Crippen molar-refractivity contribution in [2.75, 3.05) is 13.1 Å². The van der Waals surface area contributed by atoms with Crippen LogP contribution in [0.5, 0.6) is 0 Å².